The van der Waals surface area contributed by atoms with Gasteiger partial charge < -0.3 is 14.4 Å². The molecule has 0 spiro atoms. The maximum absolute atomic E-state index is 12.8. The third-order valence-corrected chi connectivity index (χ3v) is 5.19. The molecule has 3 rings (SSSR count). The predicted molar refractivity (Wildman–Crippen MR) is 109 cm³/mol. The van der Waals surface area contributed by atoms with Crippen LogP contribution in [0.3, 0.4) is 0 Å². The van der Waals surface area contributed by atoms with Crippen molar-refractivity contribution in [1.82, 2.24) is 19.4 Å². The van der Waals surface area contributed by atoms with Crippen LogP contribution in [0.15, 0.2) is 36.7 Å². The lowest BCUT2D eigenvalue weighted by molar-refractivity contribution is 0.0633. The van der Waals surface area contributed by atoms with E-state index in [2.05, 4.69) is 34.5 Å². The van der Waals surface area contributed by atoms with Gasteiger partial charge in [-0.2, -0.15) is 0 Å². The van der Waals surface area contributed by atoms with Gasteiger partial charge in [-0.25, -0.2) is 4.98 Å². The van der Waals surface area contributed by atoms with E-state index in [-0.39, 0.29) is 5.91 Å². The highest BCUT2D eigenvalue weighted by Gasteiger charge is 2.22. The summed E-state index contributed by atoms with van der Waals surface area (Å²) in [6.07, 6.45) is 3.95. The fourth-order valence-corrected chi connectivity index (χ4v) is 3.53. The number of nitrogens with zero attached hydrogens (tertiary/aromatic N) is 5. The highest BCUT2D eigenvalue weighted by atomic mass is 16.2. The van der Waals surface area contributed by atoms with Crippen molar-refractivity contribution in [2.75, 3.05) is 51.7 Å². The van der Waals surface area contributed by atoms with Crippen molar-refractivity contribution in [3.8, 4) is 0 Å². The molecule has 6 heteroatoms. The summed E-state index contributed by atoms with van der Waals surface area (Å²) in [5.41, 5.74) is 1.83. The van der Waals surface area contributed by atoms with E-state index in [0.717, 1.165) is 56.3 Å². The Morgan fingerprint density at radius 3 is 2.56 bits per heavy atom. The van der Waals surface area contributed by atoms with E-state index in [1.807, 2.05) is 54.4 Å². The Morgan fingerprint density at radius 2 is 1.89 bits per heavy atom. The molecule has 0 saturated carbocycles. The van der Waals surface area contributed by atoms with Crippen molar-refractivity contribution in [2.45, 2.75) is 26.3 Å². The van der Waals surface area contributed by atoms with Crippen LogP contribution in [-0.4, -0.2) is 72.1 Å². The second-order valence-electron chi connectivity index (χ2n) is 7.71. The van der Waals surface area contributed by atoms with Gasteiger partial charge in [-0.3, -0.25) is 9.69 Å². The van der Waals surface area contributed by atoms with Crippen LogP contribution < -0.4 is 4.90 Å². The highest BCUT2D eigenvalue weighted by Crippen LogP contribution is 2.16. The largest absolute Gasteiger partial charge is 0.378 e. The number of amides is 1. The molecule has 6 nitrogen and oxygen atoms in total. The lowest BCUT2D eigenvalue weighted by Gasteiger charge is -2.35. The highest BCUT2D eigenvalue weighted by molar-refractivity contribution is 5.95. The fourth-order valence-electron chi connectivity index (χ4n) is 3.53. The molecule has 0 unspecified atom stereocenters. The van der Waals surface area contributed by atoms with E-state index in [1.54, 1.807) is 0 Å². The summed E-state index contributed by atoms with van der Waals surface area (Å²) in [6, 6.07) is 7.86. The topological polar surface area (TPSA) is 44.6 Å². The van der Waals surface area contributed by atoms with Crippen LogP contribution in [-0.2, 0) is 6.54 Å². The SMILES string of the molecule is CC(C)c1nccn1CCN1CCN(C(=O)c2cccc(N(C)C)c2)CC1. The average molecular weight is 370 g/mol. The van der Waals surface area contributed by atoms with Gasteiger partial charge in [0.15, 0.2) is 0 Å². The Kier molecular flexibility index (Phi) is 6.16. The average Bonchev–Trinajstić information content (AvgIpc) is 3.15. The van der Waals surface area contributed by atoms with Crippen LogP contribution in [0.5, 0.6) is 0 Å². The standard InChI is InChI=1S/C21H31N5O/c1-17(2)20-22-8-9-25(20)13-10-24-11-14-26(15-12-24)21(27)18-6-5-7-19(16-18)23(3)4/h5-9,16-17H,10-15H2,1-4H3. The third kappa shape index (κ3) is 4.69. The van der Waals surface area contributed by atoms with Crippen LogP contribution >= 0.6 is 0 Å². The Balaban J connectivity index is 1.52. The Bertz CT molecular complexity index is 759. The summed E-state index contributed by atoms with van der Waals surface area (Å²) in [5, 5.41) is 0. The number of carbonyl (C=O) groups is 1. The van der Waals surface area contributed by atoms with Crippen molar-refractivity contribution in [3.05, 3.63) is 48.0 Å². The number of piperazine rings is 1. The van der Waals surface area contributed by atoms with Gasteiger partial charge >= 0.3 is 0 Å². The molecule has 1 aliphatic heterocycles. The van der Waals surface area contributed by atoms with Gasteiger partial charge in [0.2, 0.25) is 0 Å². The zero-order valence-electron chi connectivity index (χ0n) is 16.9. The third-order valence-electron chi connectivity index (χ3n) is 5.19. The van der Waals surface area contributed by atoms with E-state index in [0.29, 0.717) is 5.92 Å². The molecular formula is C21H31N5O. The van der Waals surface area contributed by atoms with Crippen LogP contribution in [0, 0.1) is 0 Å². The minimum absolute atomic E-state index is 0.134. The molecule has 1 amide bonds. The number of hydrogen-bond donors (Lipinski definition) is 0. The first-order chi connectivity index (χ1) is 13.0. The first-order valence-electron chi connectivity index (χ1n) is 9.75. The predicted octanol–water partition coefficient (Wildman–Crippen LogP) is 2.53. The van der Waals surface area contributed by atoms with Crippen LogP contribution in [0.25, 0.3) is 0 Å². The van der Waals surface area contributed by atoms with E-state index in [1.165, 1.54) is 0 Å². The number of anilines is 1. The fraction of sp³-hybridized carbons (Fsp3) is 0.524. The Morgan fingerprint density at radius 1 is 1.15 bits per heavy atom. The number of carbonyl (C=O) groups excluding carboxylic acids is 1. The van der Waals surface area contributed by atoms with Gasteiger partial charge in [0, 0.05) is 82.9 Å². The summed E-state index contributed by atoms with van der Waals surface area (Å²) in [5.74, 6) is 1.71. The number of rotatable bonds is 6. The van der Waals surface area contributed by atoms with E-state index in [4.69, 9.17) is 0 Å². The number of aromatic nitrogens is 2. The molecule has 0 atom stereocenters. The zero-order chi connectivity index (χ0) is 19.4. The number of benzene rings is 1. The van der Waals surface area contributed by atoms with Crippen molar-refractivity contribution in [2.24, 2.45) is 0 Å². The lowest BCUT2D eigenvalue weighted by atomic mass is 10.1. The lowest BCUT2D eigenvalue weighted by Crippen LogP contribution is -2.49. The molecule has 146 valence electrons. The first-order valence-corrected chi connectivity index (χ1v) is 9.75. The molecule has 1 aromatic carbocycles. The van der Waals surface area contributed by atoms with Crippen molar-refractivity contribution in [3.63, 3.8) is 0 Å². The summed E-state index contributed by atoms with van der Waals surface area (Å²) in [6.45, 7) is 9.71. The molecular weight excluding hydrogens is 338 g/mol. The van der Waals surface area contributed by atoms with Gasteiger partial charge in [0.1, 0.15) is 5.82 Å². The normalized spacial score (nSPS) is 15.4. The summed E-state index contributed by atoms with van der Waals surface area (Å²) < 4.78 is 2.24. The smallest absolute Gasteiger partial charge is 0.254 e. The van der Waals surface area contributed by atoms with Gasteiger partial charge in [0.25, 0.3) is 5.91 Å². The molecule has 0 radical (unpaired) electrons. The second-order valence-corrected chi connectivity index (χ2v) is 7.71. The molecule has 0 aliphatic carbocycles. The minimum atomic E-state index is 0.134. The van der Waals surface area contributed by atoms with Crippen molar-refractivity contribution >= 4 is 11.6 Å². The molecule has 1 aromatic heterocycles. The molecule has 2 aromatic rings. The molecule has 0 N–H and O–H groups in total. The molecule has 1 fully saturated rings. The Labute approximate surface area is 162 Å². The maximum Gasteiger partial charge on any atom is 0.254 e. The van der Waals surface area contributed by atoms with Gasteiger partial charge in [0.05, 0.1) is 0 Å². The summed E-state index contributed by atoms with van der Waals surface area (Å²) >= 11 is 0. The van der Waals surface area contributed by atoms with Crippen molar-refractivity contribution in [1.29, 1.82) is 0 Å². The van der Waals surface area contributed by atoms with Gasteiger partial charge in [-0.05, 0) is 18.2 Å². The Hall–Kier alpha value is -2.34. The molecule has 1 saturated heterocycles. The molecule has 0 bridgehead atoms. The maximum atomic E-state index is 12.8. The number of imidazole rings is 1. The van der Waals surface area contributed by atoms with Crippen molar-refractivity contribution < 1.29 is 4.79 Å². The van der Waals surface area contributed by atoms with E-state index < -0.39 is 0 Å². The van der Waals surface area contributed by atoms with E-state index >= 15 is 0 Å². The monoisotopic (exact) mass is 369 g/mol. The minimum Gasteiger partial charge on any atom is -0.378 e. The number of hydrogen-bond acceptors (Lipinski definition) is 4. The quantitative estimate of drug-likeness (QED) is 0.785. The summed E-state index contributed by atoms with van der Waals surface area (Å²) in [4.78, 5) is 23.7. The van der Waals surface area contributed by atoms with E-state index in [9.17, 15) is 4.79 Å². The van der Waals surface area contributed by atoms with Gasteiger partial charge in [-0.15, -0.1) is 0 Å². The zero-order valence-corrected chi connectivity index (χ0v) is 16.9. The second kappa shape index (κ2) is 8.57. The van der Waals surface area contributed by atoms with Crippen LogP contribution in [0.4, 0.5) is 5.69 Å². The molecule has 2 heterocycles. The van der Waals surface area contributed by atoms with Crippen LogP contribution in [0.2, 0.25) is 0 Å². The molecule has 27 heavy (non-hydrogen) atoms. The van der Waals surface area contributed by atoms with Gasteiger partial charge in [-0.1, -0.05) is 19.9 Å². The summed E-state index contributed by atoms with van der Waals surface area (Å²) in [7, 11) is 3.99. The molecule has 1 aliphatic rings. The first kappa shape index (κ1) is 19.4. The van der Waals surface area contributed by atoms with Crippen LogP contribution in [0.1, 0.15) is 35.9 Å².